The van der Waals surface area contributed by atoms with Crippen LogP contribution in [0.2, 0.25) is 0 Å². The highest BCUT2D eigenvalue weighted by molar-refractivity contribution is 7.18. The SMILES string of the molecule is CCNC(=O)CN(CC)c1cc2nc(C)sc2cc1N. The molecule has 20 heavy (non-hydrogen) atoms. The lowest BCUT2D eigenvalue weighted by Gasteiger charge is -2.23. The molecule has 0 aliphatic carbocycles. The summed E-state index contributed by atoms with van der Waals surface area (Å²) in [5.41, 5.74) is 8.62. The van der Waals surface area contributed by atoms with Gasteiger partial charge in [-0.15, -0.1) is 11.3 Å². The zero-order valence-electron chi connectivity index (χ0n) is 12.1. The van der Waals surface area contributed by atoms with Crippen LogP contribution in [0.15, 0.2) is 12.1 Å². The van der Waals surface area contributed by atoms with Crippen molar-refractivity contribution in [2.24, 2.45) is 0 Å². The number of fused-ring (bicyclic) bond motifs is 1. The van der Waals surface area contributed by atoms with Gasteiger partial charge in [-0.25, -0.2) is 4.98 Å². The number of nitrogen functional groups attached to an aromatic ring is 1. The second kappa shape index (κ2) is 6.09. The standard InChI is InChI=1S/C14H20N4OS/c1-4-16-14(19)8-18(5-2)12-7-11-13(6-10(12)15)20-9(3)17-11/h6-7H,4-5,8,15H2,1-3H3,(H,16,19). The molecular weight excluding hydrogens is 272 g/mol. The van der Waals surface area contributed by atoms with E-state index in [1.165, 1.54) is 0 Å². The number of amides is 1. The number of nitrogens with zero attached hydrogens (tertiary/aromatic N) is 2. The number of anilines is 2. The molecule has 108 valence electrons. The molecule has 0 saturated heterocycles. The van der Waals surface area contributed by atoms with Gasteiger partial charge in [0.05, 0.1) is 33.1 Å². The summed E-state index contributed by atoms with van der Waals surface area (Å²) in [6.45, 7) is 7.56. The molecule has 0 aliphatic rings. The number of aryl methyl sites for hydroxylation is 1. The summed E-state index contributed by atoms with van der Waals surface area (Å²) in [7, 11) is 0. The van der Waals surface area contributed by atoms with Crippen LogP contribution in [0, 0.1) is 6.92 Å². The normalized spacial score (nSPS) is 10.8. The smallest absolute Gasteiger partial charge is 0.239 e. The van der Waals surface area contributed by atoms with Crippen LogP contribution in [0.5, 0.6) is 0 Å². The van der Waals surface area contributed by atoms with Crippen molar-refractivity contribution >= 4 is 38.8 Å². The average Bonchev–Trinajstić information content (AvgIpc) is 2.74. The van der Waals surface area contributed by atoms with Crippen molar-refractivity contribution < 1.29 is 4.79 Å². The number of likely N-dealkylation sites (N-methyl/N-ethyl adjacent to an activating group) is 2. The Bertz CT molecular complexity index is 623. The number of aromatic nitrogens is 1. The Morgan fingerprint density at radius 2 is 2.20 bits per heavy atom. The van der Waals surface area contributed by atoms with Crippen molar-refractivity contribution in [3.05, 3.63) is 17.1 Å². The van der Waals surface area contributed by atoms with Gasteiger partial charge in [-0.3, -0.25) is 4.79 Å². The van der Waals surface area contributed by atoms with Crippen LogP contribution in [0.1, 0.15) is 18.9 Å². The van der Waals surface area contributed by atoms with Gasteiger partial charge in [-0.1, -0.05) is 0 Å². The lowest BCUT2D eigenvalue weighted by Crippen LogP contribution is -2.37. The molecule has 0 bridgehead atoms. The number of carbonyl (C=O) groups excluding carboxylic acids is 1. The second-order valence-corrected chi connectivity index (χ2v) is 5.81. The molecule has 0 aliphatic heterocycles. The van der Waals surface area contributed by atoms with Crippen molar-refractivity contribution in [2.75, 3.05) is 30.3 Å². The molecule has 1 aromatic carbocycles. The van der Waals surface area contributed by atoms with E-state index in [9.17, 15) is 4.79 Å². The number of benzene rings is 1. The number of hydrogen-bond donors (Lipinski definition) is 2. The maximum absolute atomic E-state index is 11.8. The molecule has 0 spiro atoms. The van der Waals surface area contributed by atoms with E-state index in [1.807, 2.05) is 37.8 Å². The Balaban J connectivity index is 2.33. The first kappa shape index (κ1) is 14.6. The highest BCUT2D eigenvalue weighted by atomic mass is 32.1. The largest absolute Gasteiger partial charge is 0.397 e. The molecule has 2 rings (SSSR count). The molecule has 1 amide bonds. The first-order chi connectivity index (χ1) is 9.55. The van der Waals surface area contributed by atoms with Crippen LogP contribution >= 0.6 is 11.3 Å². The molecule has 2 aromatic rings. The number of thiazole rings is 1. The molecule has 0 radical (unpaired) electrons. The molecule has 1 heterocycles. The first-order valence-electron chi connectivity index (χ1n) is 6.73. The summed E-state index contributed by atoms with van der Waals surface area (Å²) in [6.07, 6.45) is 0. The fourth-order valence-corrected chi connectivity index (χ4v) is 3.02. The van der Waals surface area contributed by atoms with Crippen molar-refractivity contribution in [1.82, 2.24) is 10.3 Å². The summed E-state index contributed by atoms with van der Waals surface area (Å²) in [4.78, 5) is 18.2. The van der Waals surface area contributed by atoms with Gasteiger partial charge < -0.3 is 16.0 Å². The zero-order valence-corrected chi connectivity index (χ0v) is 12.9. The van der Waals surface area contributed by atoms with Crippen LogP contribution < -0.4 is 16.0 Å². The van der Waals surface area contributed by atoms with Crippen LogP contribution in [0.25, 0.3) is 10.2 Å². The quantitative estimate of drug-likeness (QED) is 0.828. The van der Waals surface area contributed by atoms with Crippen molar-refractivity contribution in [1.29, 1.82) is 0 Å². The van der Waals surface area contributed by atoms with Gasteiger partial charge in [0.15, 0.2) is 0 Å². The van der Waals surface area contributed by atoms with Gasteiger partial charge in [-0.2, -0.15) is 0 Å². The molecule has 6 heteroatoms. The van der Waals surface area contributed by atoms with E-state index in [2.05, 4.69) is 10.3 Å². The van der Waals surface area contributed by atoms with E-state index in [1.54, 1.807) is 11.3 Å². The Hall–Kier alpha value is -1.82. The molecule has 5 nitrogen and oxygen atoms in total. The first-order valence-corrected chi connectivity index (χ1v) is 7.55. The maximum Gasteiger partial charge on any atom is 0.239 e. The molecular formula is C14H20N4OS. The molecule has 1 aromatic heterocycles. The highest BCUT2D eigenvalue weighted by Crippen LogP contribution is 2.31. The van der Waals surface area contributed by atoms with Crippen molar-refractivity contribution in [3.8, 4) is 0 Å². The molecule has 0 saturated carbocycles. The molecule has 0 atom stereocenters. The highest BCUT2D eigenvalue weighted by Gasteiger charge is 2.14. The van der Waals surface area contributed by atoms with E-state index in [0.29, 0.717) is 18.8 Å². The Labute approximate surface area is 122 Å². The minimum absolute atomic E-state index is 0.00306. The van der Waals surface area contributed by atoms with E-state index in [-0.39, 0.29) is 5.91 Å². The minimum atomic E-state index is 0.00306. The number of hydrogen-bond acceptors (Lipinski definition) is 5. The van der Waals surface area contributed by atoms with Gasteiger partial charge >= 0.3 is 0 Å². The molecule has 3 N–H and O–H groups in total. The van der Waals surface area contributed by atoms with Gasteiger partial charge in [0.25, 0.3) is 0 Å². The van der Waals surface area contributed by atoms with Crippen LogP contribution in [0.3, 0.4) is 0 Å². The van der Waals surface area contributed by atoms with Gasteiger partial charge in [0.1, 0.15) is 0 Å². The summed E-state index contributed by atoms with van der Waals surface area (Å²) in [5.74, 6) is 0.00306. The van der Waals surface area contributed by atoms with E-state index >= 15 is 0 Å². The number of rotatable bonds is 5. The van der Waals surface area contributed by atoms with Crippen LogP contribution in [-0.4, -0.2) is 30.5 Å². The molecule has 0 unspecified atom stereocenters. The maximum atomic E-state index is 11.8. The average molecular weight is 292 g/mol. The predicted molar refractivity (Wildman–Crippen MR) is 85.3 cm³/mol. The lowest BCUT2D eigenvalue weighted by molar-refractivity contribution is -0.119. The zero-order chi connectivity index (χ0) is 14.7. The van der Waals surface area contributed by atoms with Crippen molar-refractivity contribution in [2.45, 2.75) is 20.8 Å². The summed E-state index contributed by atoms with van der Waals surface area (Å²) in [5, 5.41) is 3.82. The molecule has 0 fully saturated rings. The Morgan fingerprint density at radius 3 is 2.85 bits per heavy atom. The number of nitrogens with two attached hydrogens (primary N) is 1. The number of carbonyl (C=O) groups is 1. The van der Waals surface area contributed by atoms with Gasteiger partial charge in [0.2, 0.25) is 5.91 Å². The second-order valence-electron chi connectivity index (χ2n) is 4.58. The third kappa shape index (κ3) is 3.01. The van der Waals surface area contributed by atoms with Gasteiger partial charge in [0, 0.05) is 13.1 Å². The van der Waals surface area contributed by atoms with Crippen LogP contribution in [-0.2, 0) is 4.79 Å². The summed E-state index contributed by atoms with van der Waals surface area (Å²) >= 11 is 1.63. The third-order valence-corrected chi connectivity index (χ3v) is 4.01. The number of nitrogens with one attached hydrogen (secondary N) is 1. The van der Waals surface area contributed by atoms with E-state index in [4.69, 9.17) is 5.73 Å². The fraction of sp³-hybridized carbons (Fsp3) is 0.429. The summed E-state index contributed by atoms with van der Waals surface area (Å²) < 4.78 is 1.08. The van der Waals surface area contributed by atoms with Crippen molar-refractivity contribution in [3.63, 3.8) is 0 Å². The Kier molecular flexibility index (Phi) is 4.44. The fourth-order valence-electron chi connectivity index (χ4n) is 2.16. The minimum Gasteiger partial charge on any atom is -0.397 e. The predicted octanol–water partition coefficient (Wildman–Crippen LogP) is 2.15. The third-order valence-electron chi connectivity index (χ3n) is 3.07. The van der Waals surface area contributed by atoms with Crippen LogP contribution in [0.4, 0.5) is 11.4 Å². The van der Waals surface area contributed by atoms with E-state index < -0.39 is 0 Å². The van der Waals surface area contributed by atoms with E-state index in [0.717, 1.165) is 27.5 Å². The lowest BCUT2D eigenvalue weighted by atomic mass is 10.2. The topological polar surface area (TPSA) is 71.2 Å². The Morgan fingerprint density at radius 1 is 1.45 bits per heavy atom. The summed E-state index contributed by atoms with van der Waals surface area (Å²) in [6, 6.07) is 3.91. The van der Waals surface area contributed by atoms with Gasteiger partial charge in [-0.05, 0) is 32.9 Å². The monoisotopic (exact) mass is 292 g/mol.